The van der Waals surface area contributed by atoms with Gasteiger partial charge in [0.15, 0.2) is 0 Å². The van der Waals surface area contributed by atoms with Gasteiger partial charge in [0.1, 0.15) is 11.6 Å². The van der Waals surface area contributed by atoms with Gasteiger partial charge in [0.2, 0.25) is 0 Å². The minimum Gasteiger partial charge on any atom is -0.481 e. The first-order chi connectivity index (χ1) is 7.47. The molecule has 0 radical (unpaired) electrons. The average molecular weight is 291 g/mol. The smallest absolute Gasteiger partial charge is 0.314 e. The van der Waals surface area contributed by atoms with Crippen molar-refractivity contribution >= 4 is 21.9 Å². The van der Waals surface area contributed by atoms with E-state index in [9.17, 15) is 13.6 Å². The molecule has 1 aliphatic carbocycles. The molecule has 0 saturated heterocycles. The molecule has 1 aliphatic rings. The van der Waals surface area contributed by atoms with Gasteiger partial charge in [-0.2, -0.15) is 0 Å². The Balaban J connectivity index is 2.59. The Morgan fingerprint density at radius 1 is 1.38 bits per heavy atom. The molecule has 16 heavy (non-hydrogen) atoms. The quantitative estimate of drug-likeness (QED) is 0.849. The van der Waals surface area contributed by atoms with E-state index in [2.05, 4.69) is 15.9 Å². The van der Waals surface area contributed by atoms with Gasteiger partial charge >= 0.3 is 5.97 Å². The second kappa shape index (κ2) is 3.80. The summed E-state index contributed by atoms with van der Waals surface area (Å²) in [5.41, 5.74) is -1.30. The molecule has 0 atom stereocenters. The van der Waals surface area contributed by atoms with Crippen LogP contribution in [0.3, 0.4) is 0 Å². The van der Waals surface area contributed by atoms with Crippen LogP contribution in [-0.2, 0) is 10.2 Å². The molecular formula is C11H9BrF2O2. The fourth-order valence-electron chi connectivity index (χ4n) is 2.03. The summed E-state index contributed by atoms with van der Waals surface area (Å²) < 4.78 is 26.9. The lowest BCUT2D eigenvalue weighted by molar-refractivity contribution is -0.147. The van der Waals surface area contributed by atoms with Crippen LogP contribution in [0.1, 0.15) is 24.8 Å². The van der Waals surface area contributed by atoms with Crippen LogP contribution in [0.4, 0.5) is 8.78 Å². The number of aliphatic carboxylic acids is 1. The van der Waals surface area contributed by atoms with E-state index in [-0.39, 0.29) is 10.0 Å². The van der Waals surface area contributed by atoms with E-state index in [0.29, 0.717) is 12.8 Å². The zero-order valence-electron chi connectivity index (χ0n) is 8.27. The molecule has 1 aromatic rings. The number of hydrogen-bond acceptors (Lipinski definition) is 1. The monoisotopic (exact) mass is 290 g/mol. The fourth-order valence-corrected chi connectivity index (χ4v) is 2.47. The molecule has 0 heterocycles. The normalized spacial score (nSPS) is 17.9. The standard InChI is InChI=1S/C11H9BrF2O2/c12-8-5-6(13)4-7(9(8)14)11(10(15)16)2-1-3-11/h4-5H,1-3H2,(H,15,16). The molecule has 0 aliphatic heterocycles. The van der Waals surface area contributed by atoms with Crippen LogP contribution in [0.25, 0.3) is 0 Å². The molecule has 5 heteroatoms. The molecule has 2 rings (SSSR count). The molecule has 0 bridgehead atoms. The number of carboxylic acid groups (broad SMARTS) is 1. The maximum Gasteiger partial charge on any atom is 0.314 e. The Bertz CT molecular complexity index is 456. The lowest BCUT2D eigenvalue weighted by Gasteiger charge is -2.38. The molecule has 1 aromatic carbocycles. The van der Waals surface area contributed by atoms with Crippen molar-refractivity contribution in [3.63, 3.8) is 0 Å². The van der Waals surface area contributed by atoms with E-state index in [1.165, 1.54) is 0 Å². The first-order valence-corrected chi connectivity index (χ1v) is 5.65. The highest BCUT2D eigenvalue weighted by molar-refractivity contribution is 9.10. The zero-order valence-corrected chi connectivity index (χ0v) is 9.85. The molecular weight excluding hydrogens is 282 g/mol. The molecule has 0 aromatic heterocycles. The molecule has 86 valence electrons. The number of hydrogen-bond donors (Lipinski definition) is 1. The zero-order chi connectivity index (χ0) is 11.9. The maximum absolute atomic E-state index is 13.8. The van der Waals surface area contributed by atoms with Crippen molar-refractivity contribution in [1.29, 1.82) is 0 Å². The maximum atomic E-state index is 13.8. The van der Waals surface area contributed by atoms with Gasteiger partial charge in [-0.3, -0.25) is 4.79 Å². The third kappa shape index (κ3) is 1.54. The second-order valence-corrected chi connectivity index (χ2v) is 4.84. The Morgan fingerprint density at radius 3 is 2.44 bits per heavy atom. The predicted molar refractivity (Wildman–Crippen MR) is 57.2 cm³/mol. The summed E-state index contributed by atoms with van der Waals surface area (Å²) in [4.78, 5) is 11.2. The van der Waals surface area contributed by atoms with Crippen molar-refractivity contribution in [3.8, 4) is 0 Å². The van der Waals surface area contributed by atoms with E-state index in [1.807, 2.05) is 0 Å². The molecule has 2 nitrogen and oxygen atoms in total. The first-order valence-electron chi connectivity index (χ1n) is 4.86. The minimum absolute atomic E-state index is 0.0324. The van der Waals surface area contributed by atoms with Crippen molar-refractivity contribution in [3.05, 3.63) is 33.8 Å². The van der Waals surface area contributed by atoms with E-state index in [1.54, 1.807) is 0 Å². The number of rotatable bonds is 2. The van der Waals surface area contributed by atoms with Gasteiger partial charge in [0.25, 0.3) is 0 Å². The van der Waals surface area contributed by atoms with Crippen LogP contribution in [0.2, 0.25) is 0 Å². The Kier molecular flexibility index (Phi) is 2.74. The molecule has 1 saturated carbocycles. The van der Waals surface area contributed by atoms with Crippen molar-refractivity contribution in [2.75, 3.05) is 0 Å². The number of carboxylic acids is 1. The van der Waals surface area contributed by atoms with Crippen molar-refractivity contribution in [1.82, 2.24) is 0 Å². The topological polar surface area (TPSA) is 37.3 Å². The van der Waals surface area contributed by atoms with Crippen molar-refractivity contribution in [2.24, 2.45) is 0 Å². The van der Waals surface area contributed by atoms with Gasteiger partial charge in [-0.1, -0.05) is 6.42 Å². The third-order valence-electron chi connectivity index (χ3n) is 3.13. The van der Waals surface area contributed by atoms with E-state index < -0.39 is 23.0 Å². The van der Waals surface area contributed by atoms with Crippen LogP contribution in [0.5, 0.6) is 0 Å². The SMILES string of the molecule is O=C(O)C1(c2cc(F)cc(Br)c2F)CCC1. The van der Waals surface area contributed by atoms with E-state index in [4.69, 9.17) is 5.11 Å². The van der Waals surface area contributed by atoms with Gasteiger partial charge in [-0.25, -0.2) is 8.78 Å². The lowest BCUT2D eigenvalue weighted by Crippen LogP contribution is -2.43. The molecule has 1 N–H and O–H groups in total. The van der Waals surface area contributed by atoms with Gasteiger partial charge in [-0.05, 0) is 40.9 Å². The van der Waals surface area contributed by atoms with Crippen molar-refractivity contribution in [2.45, 2.75) is 24.7 Å². The second-order valence-electron chi connectivity index (χ2n) is 3.99. The van der Waals surface area contributed by atoms with Crippen LogP contribution in [-0.4, -0.2) is 11.1 Å². The van der Waals surface area contributed by atoms with Gasteiger partial charge in [0.05, 0.1) is 9.89 Å². The largest absolute Gasteiger partial charge is 0.481 e. The number of halogens is 3. The molecule has 0 amide bonds. The molecule has 0 unspecified atom stereocenters. The molecule has 0 spiro atoms. The summed E-state index contributed by atoms with van der Waals surface area (Å²) in [6.45, 7) is 0. The average Bonchev–Trinajstić information content (AvgIpc) is 2.10. The number of benzene rings is 1. The third-order valence-corrected chi connectivity index (χ3v) is 3.70. The van der Waals surface area contributed by atoms with Crippen molar-refractivity contribution < 1.29 is 18.7 Å². The highest BCUT2D eigenvalue weighted by atomic mass is 79.9. The highest BCUT2D eigenvalue weighted by Crippen LogP contribution is 2.46. The van der Waals surface area contributed by atoms with E-state index in [0.717, 1.165) is 18.6 Å². The summed E-state index contributed by atoms with van der Waals surface area (Å²) in [6.07, 6.45) is 1.43. The Morgan fingerprint density at radius 2 is 2.00 bits per heavy atom. The van der Waals surface area contributed by atoms with Crippen LogP contribution in [0, 0.1) is 11.6 Å². The molecule has 1 fully saturated rings. The summed E-state index contributed by atoms with van der Waals surface area (Å²) in [6, 6.07) is 1.97. The Labute approximate surface area is 99.4 Å². The summed E-state index contributed by atoms with van der Waals surface area (Å²) in [7, 11) is 0. The van der Waals surface area contributed by atoms with Gasteiger partial charge in [-0.15, -0.1) is 0 Å². The fraction of sp³-hybridized carbons (Fsp3) is 0.364. The minimum atomic E-state index is -1.24. The predicted octanol–water partition coefficient (Wildman–Crippen LogP) is 3.23. The summed E-state index contributed by atoms with van der Waals surface area (Å²) in [5, 5.41) is 9.14. The lowest BCUT2D eigenvalue weighted by atomic mass is 9.64. The highest BCUT2D eigenvalue weighted by Gasteiger charge is 2.48. The van der Waals surface area contributed by atoms with Crippen LogP contribution < -0.4 is 0 Å². The first kappa shape index (κ1) is 11.5. The van der Waals surface area contributed by atoms with Gasteiger partial charge in [0, 0.05) is 5.56 Å². The Hall–Kier alpha value is -0.970. The van der Waals surface area contributed by atoms with Gasteiger partial charge < -0.3 is 5.11 Å². The van der Waals surface area contributed by atoms with E-state index >= 15 is 0 Å². The number of carbonyl (C=O) groups is 1. The summed E-state index contributed by atoms with van der Waals surface area (Å²) >= 11 is 2.88. The van der Waals surface area contributed by atoms with Crippen LogP contribution in [0.15, 0.2) is 16.6 Å². The summed E-state index contributed by atoms with van der Waals surface area (Å²) in [5.74, 6) is -2.39. The van der Waals surface area contributed by atoms with Crippen LogP contribution >= 0.6 is 15.9 Å².